The summed E-state index contributed by atoms with van der Waals surface area (Å²) >= 11 is 0. The third-order valence-corrected chi connectivity index (χ3v) is 4.60. The molecule has 0 saturated carbocycles. The molecule has 24 heavy (non-hydrogen) atoms. The number of halogens is 4. The average molecular weight is 361 g/mol. The van der Waals surface area contributed by atoms with Crippen LogP contribution in [-0.4, -0.2) is 19.8 Å². The second-order valence-corrected chi connectivity index (χ2v) is 6.85. The highest BCUT2D eigenvalue weighted by molar-refractivity contribution is 7.92. The second kappa shape index (κ2) is 6.23. The molecule has 9 heteroatoms. The maximum atomic E-state index is 13.6. The monoisotopic (exact) mass is 361 g/mol. The van der Waals surface area contributed by atoms with Gasteiger partial charge < -0.3 is 5.32 Å². The van der Waals surface area contributed by atoms with Crippen LogP contribution in [0.25, 0.3) is 0 Å². The van der Waals surface area contributed by atoms with Gasteiger partial charge in [0.1, 0.15) is 5.82 Å². The fraction of sp³-hybridized carbons (Fsp3) is 0.133. The highest BCUT2D eigenvalue weighted by atomic mass is 32.2. The summed E-state index contributed by atoms with van der Waals surface area (Å²) in [6.45, 7) is 1.69. The molecule has 0 spiro atoms. The van der Waals surface area contributed by atoms with Gasteiger partial charge in [-0.2, -0.15) is 13.2 Å². The minimum Gasteiger partial charge on any atom is -0.319 e. The number of aryl methyl sites for hydroxylation is 1. The number of rotatable bonds is 3. The van der Waals surface area contributed by atoms with Crippen LogP contribution in [-0.2, 0) is 9.84 Å². The lowest BCUT2D eigenvalue weighted by molar-refractivity contribution is -0.0436. The Morgan fingerprint density at radius 2 is 1.62 bits per heavy atom. The van der Waals surface area contributed by atoms with Crippen molar-refractivity contribution in [2.24, 2.45) is 0 Å². The molecule has 0 unspecified atom stereocenters. The summed E-state index contributed by atoms with van der Waals surface area (Å²) in [6.07, 6.45) is 0. The first-order valence-electron chi connectivity index (χ1n) is 6.51. The van der Waals surface area contributed by atoms with Crippen molar-refractivity contribution in [1.82, 2.24) is 0 Å². The van der Waals surface area contributed by atoms with E-state index in [1.54, 1.807) is 6.92 Å². The zero-order valence-corrected chi connectivity index (χ0v) is 13.0. The topological polar surface area (TPSA) is 63.2 Å². The van der Waals surface area contributed by atoms with Crippen molar-refractivity contribution in [1.29, 1.82) is 0 Å². The molecule has 2 rings (SSSR count). The maximum Gasteiger partial charge on any atom is 0.501 e. The highest BCUT2D eigenvalue weighted by Gasteiger charge is 2.46. The number of carbonyl (C=O) groups excluding carboxylic acids is 1. The van der Waals surface area contributed by atoms with E-state index < -0.39 is 32.0 Å². The van der Waals surface area contributed by atoms with E-state index in [1.165, 1.54) is 12.1 Å². The first kappa shape index (κ1) is 17.9. The van der Waals surface area contributed by atoms with Crippen molar-refractivity contribution in [2.75, 3.05) is 5.32 Å². The summed E-state index contributed by atoms with van der Waals surface area (Å²) in [7, 11) is -5.48. The van der Waals surface area contributed by atoms with Crippen molar-refractivity contribution in [3.63, 3.8) is 0 Å². The molecule has 0 aliphatic heterocycles. The van der Waals surface area contributed by atoms with Gasteiger partial charge in [-0.15, -0.1) is 0 Å². The quantitative estimate of drug-likeness (QED) is 0.849. The highest BCUT2D eigenvalue weighted by Crippen LogP contribution is 2.30. The van der Waals surface area contributed by atoms with Gasteiger partial charge >= 0.3 is 5.51 Å². The fourth-order valence-corrected chi connectivity index (χ4v) is 2.61. The van der Waals surface area contributed by atoms with E-state index in [0.717, 1.165) is 18.2 Å². The van der Waals surface area contributed by atoms with Crippen LogP contribution in [0.3, 0.4) is 0 Å². The van der Waals surface area contributed by atoms with Crippen LogP contribution in [0.5, 0.6) is 0 Å². The van der Waals surface area contributed by atoms with Gasteiger partial charge in [0.25, 0.3) is 15.7 Å². The smallest absolute Gasteiger partial charge is 0.319 e. The predicted molar refractivity (Wildman–Crippen MR) is 78.8 cm³/mol. The Labute approximate surface area is 135 Å². The van der Waals surface area contributed by atoms with E-state index in [0.29, 0.717) is 17.7 Å². The minimum atomic E-state index is -5.48. The van der Waals surface area contributed by atoms with Gasteiger partial charge in [0, 0.05) is 5.56 Å². The van der Waals surface area contributed by atoms with E-state index >= 15 is 0 Å². The number of amides is 1. The molecule has 128 valence electrons. The van der Waals surface area contributed by atoms with Gasteiger partial charge in [-0.3, -0.25) is 4.79 Å². The first-order valence-corrected chi connectivity index (χ1v) is 7.99. The Kier molecular flexibility index (Phi) is 4.66. The van der Waals surface area contributed by atoms with Crippen LogP contribution in [0.1, 0.15) is 15.9 Å². The largest absolute Gasteiger partial charge is 0.501 e. The lowest BCUT2D eigenvalue weighted by atomic mass is 10.2. The lowest BCUT2D eigenvalue weighted by Gasteiger charge is -2.10. The number of hydrogen-bond acceptors (Lipinski definition) is 3. The SMILES string of the molecule is Cc1ccc(F)c(NC(=O)c2ccc(S(=O)(=O)C(F)(F)F)cc2)c1. The Morgan fingerprint density at radius 3 is 2.17 bits per heavy atom. The molecule has 0 aromatic heterocycles. The van der Waals surface area contributed by atoms with Crippen LogP contribution in [0.4, 0.5) is 23.2 Å². The van der Waals surface area contributed by atoms with Crippen molar-refractivity contribution in [2.45, 2.75) is 17.3 Å². The molecule has 0 aliphatic carbocycles. The number of hydrogen-bond donors (Lipinski definition) is 1. The number of alkyl halides is 3. The van der Waals surface area contributed by atoms with Crippen LogP contribution < -0.4 is 5.32 Å². The third-order valence-electron chi connectivity index (χ3n) is 3.10. The molecule has 0 heterocycles. The fourth-order valence-electron chi connectivity index (χ4n) is 1.85. The third kappa shape index (κ3) is 3.56. The molecule has 2 aromatic carbocycles. The summed E-state index contributed by atoms with van der Waals surface area (Å²) in [5.41, 5.74) is -4.94. The lowest BCUT2D eigenvalue weighted by Crippen LogP contribution is -2.23. The number of nitrogens with one attached hydrogen (secondary N) is 1. The Bertz CT molecular complexity index is 875. The number of benzene rings is 2. The molecule has 0 aliphatic rings. The summed E-state index contributed by atoms with van der Waals surface area (Å²) in [5, 5.41) is 2.27. The molecule has 0 bridgehead atoms. The molecule has 0 fully saturated rings. The Hall–Kier alpha value is -2.42. The summed E-state index contributed by atoms with van der Waals surface area (Å²) < 4.78 is 73.4. The van der Waals surface area contributed by atoms with Crippen LogP contribution in [0.15, 0.2) is 47.4 Å². The molecule has 0 radical (unpaired) electrons. The van der Waals surface area contributed by atoms with E-state index in [-0.39, 0.29) is 11.3 Å². The van der Waals surface area contributed by atoms with Crippen LogP contribution in [0, 0.1) is 12.7 Å². The summed E-state index contributed by atoms with van der Waals surface area (Å²) in [4.78, 5) is 11.0. The van der Waals surface area contributed by atoms with Crippen molar-refractivity contribution in [3.8, 4) is 0 Å². The summed E-state index contributed by atoms with van der Waals surface area (Å²) in [5.74, 6) is -1.46. The zero-order valence-electron chi connectivity index (χ0n) is 12.2. The molecular formula is C15H11F4NO3S. The minimum absolute atomic E-state index is 0.0908. The van der Waals surface area contributed by atoms with E-state index in [9.17, 15) is 30.8 Å². The molecule has 0 atom stereocenters. The molecular weight excluding hydrogens is 350 g/mol. The van der Waals surface area contributed by atoms with Gasteiger partial charge in [0.05, 0.1) is 10.6 Å². The van der Waals surface area contributed by atoms with Crippen molar-refractivity contribution >= 4 is 21.4 Å². The van der Waals surface area contributed by atoms with Crippen molar-refractivity contribution < 1.29 is 30.8 Å². The molecule has 2 aromatic rings. The van der Waals surface area contributed by atoms with E-state index in [1.807, 2.05) is 0 Å². The molecule has 0 saturated heterocycles. The van der Waals surface area contributed by atoms with Gasteiger partial charge in [-0.05, 0) is 48.9 Å². The van der Waals surface area contributed by atoms with Crippen LogP contribution in [0.2, 0.25) is 0 Å². The van der Waals surface area contributed by atoms with Gasteiger partial charge in [-0.1, -0.05) is 6.07 Å². The maximum absolute atomic E-state index is 13.6. The van der Waals surface area contributed by atoms with Gasteiger partial charge in [0.15, 0.2) is 0 Å². The normalized spacial score (nSPS) is 12.0. The van der Waals surface area contributed by atoms with Gasteiger partial charge in [0.2, 0.25) is 0 Å². The van der Waals surface area contributed by atoms with Crippen molar-refractivity contribution in [3.05, 3.63) is 59.4 Å². The number of sulfone groups is 1. The number of anilines is 1. The van der Waals surface area contributed by atoms with Crippen LogP contribution >= 0.6 is 0 Å². The number of carbonyl (C=O) groups is 1. The zero-order chi connectivity index (χ0) is 18.1. The molecule has 4 nitrogen and oxygen atoms in total. The molecule has 1 N–H and O–H groups in total. The first-order chi connectivity index (χ1) is 11.0. The Morgan fingerprint density at radius 1 is 1.04 bits per heavy atom. The average Bonchev–Trinajstić information content (AvgIpc) is 2.50. The summed E-state index contributed by atoms with van der Waals surface area (Å²) in [6, 6.07) is 7.22. The second-order valence-electron chi connectivity index (χ2n) is 4.91. The van der Waals surface area contributed by atoms with E-state index in [2.05, 4.69) is 5.32 Å². The standard InChI is InChI=1S/C15H11F4NO3S/c1-9-2-7-12(16)13(8-9)20-14(21)10-3-5-11(6-4-10)24(22,23)15(17,18)19/h2-8H,1H3,(H,20,21). The predicted octanol–water partition coefficient (Wildman–Crippen LogP) is 3.68. The van der Waals surface area contributed by atoms with E-state index in [4.69, 9.17) is 0 Å². The Balaban J connectivity index is 2.25. The molecule has 1 amide bonds. The van der Waals surface area contributed by atoms with Gasteiger partial charge in [-0.25, -0.2) is 12.8 Å².